The fourth-order valence-corrected chi connectivity index (χ4v) is 1.83. The minimum atomic E-state index is 0.252. The fourth-order valence-electron chi connectivity index (χ4n) is 1.83. The molecular weight excluding hydrogens is 266 g/mol. The van der Waals surface area contributed by atoms with Crippen molar-refractivity contribution in [2.45, 2.75) is 0 Å². The summed E-state index contributed by atoms with van der Waals surface area (Å²) in [6, 6.07) is 13.3. The molecule has 2 heterocycles. The first-order chi connectivity index (χ1) is 10.3. The second-order valence-electron chi connectivity index (χ2n) is 4.22. The summed E-state index contributed by atoms with van der Waals surface area (Å²) >= 11 is 0. The maximum Gasteiger partial charge on any atom is 0.161 e. The molecule has 7 nitrogen and oxygen atoms in total. The second-order valence-corrected chi connectivity index (χ2v) is 4.22. The van der Waals surface area contributed by atoms with Gasteiger partial charge in [-0.2, -0.15) is 15.0 Å². The van der Waals surface area contributed by atoms with Crippen LogP contribution in [-0.2, 0) is 0 Å². The average Bonchev–Trinajstić information content (AvgIpc) is 2.89. The van der Waals surface area contributed by atoms with E-state index in [1.807, 2.05) is 36.4 Å². The molecule has 3 N–H and O–H groups in total. The molecule has 3 aromatic rings. The summed E-state index contributed by atoms with van der Waals surface area (Å²) in [7, 11) is 0. The van der Waals surface area contributed by atoms with E-state index in [4.69, 9.17) is 11.0 Å². The molecule has 102 valence electrons. The van der Waals surface area contributed by atoms with Crippen molar-refractivity contribution in [3.63, 3.8) is 0 Å². The molecule has 0 bridgehead atoms. The first kappa shape index (κ1) is 12.6. The molecule has 0 saturated heterocycles. The Bertz CT molecular complexity index is 802. The molecule has 7 heteroatoms. The Morgan fingerprint density at radius 2 is 2.00 bits per heavy atom. The number of anilines is 3. The van der Waals surface area contributed by atoms with Gasteiger partial charge in [0, 0.05) is 11.8 Å². The molecule has 0 spiro atoms. The van der Waals surface area contributed by atoms with E-state index in [1.54, 1.807) is 6.07 Å². The zero-order chi connectivity index (χ0) is 14.7. The van der Waals surface area contributed by atoms with E-state index in [1.165, 1.54) is 17.2 Å². The van der Waals surface area contributed by atoms with Gasteiger partial charge in [0.05, 0.1) is 6.20 Å². The molecule has 0 aliphatic carbocycles. The van der Waals surface area contributed by atoms with Gasteiger partial charge in [0.15, 0.2) is 5.82 Å². The maximum atomic E-state index is 8.90. The van der Waals surface area contributed by atoms with Crippen LogP contribution >= 0.6 is 0 Å². The molecule has 0 aliphatic rings. The molecule has 1 aromatic carbocycles. The molecule has 21 heavy (non-hydrogen) atoms. The Labute approximate surface area is 120 Å². The SMILES string of the molecule is N#Cc1cnn(-c2cc(Nc3ccccc3)ncn2)c1N. The number of hydrogen-bond acceptors (Lipinski definition) is 6. The Balaban J connectivity index is 1.93. The van der Waals surface area contributed by atoms with Crippen LogP contribution in [0.3, 0.4) is 0 Å². The second kappa shape index (κ2) is 5.30. The first-order valence-electron chi connectivity index (χ1n) is 6.16. The average molecular weight is 277 g/mol. The topological polar surface area (TPSA) is 105 Å². The summed E-state index contributed by atoms with van der Waals surface area (Å²) in [5, 5.41) is 16.1. The highest BCUT2D eigenvalue weighted by Gasteiger charge is 2.10. The highest BCUT2D eigenvalue weighted by molar-refractivity contribution is 5.58. The van der Waals surface area contributed by atoms with Crippen LogP contribution in [0.15, 0.2) is 48.9 Å². The van der Waals surface area contributed by atoms with Crippen molar-refractivity contribution in [1.82, 2.24) is 19.7 Å². The van der Waals surface area contributed by atoms with Gasteiger partial charge >= 0.3 is 0 Å². The molecule has 0 fully saturated rings. The first-order valence-corrected chi connectivity index (χ1v) is 6.16. The lowest BCUT2D eigenvalue weighted by atomic mass is 10.3. The highest BCUT2D eigenvalue weighted by Crippen LogP contribution is 2.18. The summed E-state index contributed by atoms with van der Waals surface area (Å²) in [5.41, 5.74) is 7.07. The minimum Gasteiger partial charge on any atom is -0.382 e. The van der Waals surface area contributed by atoms with Crippen molar-refractivity contribution in [1.29, 1.82) is 5.26 Å². The molecule has 0 saturated carbocycles. The van der Waals surface area contributed by atoms with Crippen LogP contribution in [0, 0.1) is 11.3 Å². The highest BCUT2D eigenvalue weighted by atomic mass is 15.3. The van der Waals surface area contributed by atoms with Gasteiger partial charge in [-0.3, -0.25) is 0 Å². The third-order valence-electron chi connectivity index (χ3n) is 2.84. The van der Waals surface area contributed by atoms with Crippen LogP contribution in [0.2, 0.25) is 0 Å². The number of hydrogen-bond donors (Lipinski definition) is 2. The summed E-state index contributed by atoms with van der Waals surface area (Å²) in [5.74, 6) is 1.35. The summed E-state index contributed by atoms with van der Waals surface area (Å²) < 4.78 is 1.40. The summed E-state index contributed by atoms with van der Waals surface area (Å²) in [4.78, 5) is 8.27. The normalized spacial score (nSPS) is 10.0. The Morgan fingerprint density at radius 3 is 2.71 bits per heavy atom. The van der Waals surface area contributed by atoms with E-state index in [-0.39, 0.29) is 5.82 Å². The third-order valence-corrected chi connectivity index (χ3v) is 2.84. The Morgan fingerprint density at radius 1 is 1.19 bits per heavy atom. The smallest absolute Gasteiger partial charge is 0.161 e. The zero-order valence-electron chi connectivity index (χ0n) is 10.9. The maximum absolute atomic E-state index is 8.90. The molecule has 0 atom stereocenters. The van der Waals surface area contributed by atoms with Gasteiger partial charge in [-0.25, -0.2) is 9.97 Å². The fraction of sp³-hybridized carbons (Fsp3) is 0. The van der Waals surface area contributed by atoms with Gasteiger partial charge in [-0.1, -0.05) is 18.2 Å². The summed E-state index contributed by atoms with van der Waals surface area (Å²) in [6.07, 6.45) is 2.81. The number of nitrogens with one attached hydrogen (secondary N) is 1. The van der Waals surface area contributed by atoms with Crippen LogP contribution in [0.25, 0.3) is 5.82 Å². The van der Waals surface area contributed by atoms with Crippen molar-refractivity contribution in [3.05, 3.63) is 54.5 Å². The Hall–Kier alpha value is -3.40. The number of para-hydroxylation sites is 1. The molecule has 3 rings (SSSR count). The predicted molar refractivity (Wildman–Crippen MR) is 78.0 cm³/mol. The van der Waals surface area contributed by atoms with Gasteiger partial charge in [-0.05, 0) is 12.1 Å². The van der Waals surface area contributed by atoms with Gasteiger partial charge in [0.2, 0.25) is 0 Å². The van der Waals surface area contributed by atoms with Crippen molar-refractivity contribution >= 4 is 17.3 Å². The van der Waals surface area contributed by atoms with Crippen LogP contribution < -0.4 is 11.1 Å². The zero-order valence-corrected chi connectivity index (χ0v) is 10.9. The lowest BCUT2D eigenvalue weighted by Gasteiger charge is -2.07. The van der Waals surface area contributed by atoms with E-state index in [0.29, 0.717) is 17.2 Å². The lowest BCUT2D eigenvalue weighted by molar-refractivity contribution is 0.850. The van der Waals surface area contributed by atoms with E-state index in [9.17, 15) is 0 Å². The molecule has 2 aromatic heterocycles. The van der Waals surface area contributed by atoms with E-state index >= 15 is 0 Å². The van der Waals surface area contributed by atoms with Gasteiger partial charge in [0.25, 0.3) is 0 Å². The number of aromatic nitrogens is 4. The van der Waals surface area contributed by atoms with Crippen LogP contribution in [-0.4, -0.2) is 19.7 Å². The number of nitrogens with two attached hydrogens (primary N) is 1. The largest absolute Gasteiger partial charge is 0.382 e. The minimum absolute atomic E-state index is 0.252. The van der Waals surface area contributed by atoms with Gasteiger partial charge in [-0.15, -0.1) is 0 Å². The number of nitriles is 1. The molecule has 0 aliphatic heterocycles. The van der Waals surface area contributed by atoms with Crippen LogP contribution in [0.1, 0.15) is 5.56 Å². The van der Waals surface area contributed by atoms with Crippen molar-refractivity contribution < 1.29 is 0 Å². The van der Waals surface area contributed by atoms with Crippen molar-refractivity contribution in [3.8, 4) is 11.9 Å². The molecular formula is C14H11N7. The van der Waals surface area contributed by atoms with Crippen molar-refractivity contribution in [2.75, 3.05) is 11.1 Å². The number of nitrogens with zero attached hydrogens (tertiary/aromatic N) is 5. The quantitative estimate of drug-likeness (QED) is 0.757. The monoisotopic (exact) mass is 277 g/mol. The van der Waals surface area contributed by atoms with Gasteiger partial charge < -0.3 is 11.1 Å². The van der Waals surface area contributed by atoms with Crippen LogP contribution in [0.4, 0.5) is 17.3 Å². The van der Waals surface area contributed by atoms with Gasteiger partial charge in [0.1, 0.15) is 29.6 Å². The molecule has 0 amide bonds. The van der Waals surface area contributed by atoms with E-state index in [0.717, 1.165) is 5.69 Å². The number of benzene rings is 1. The Kier molecular flexibility index (Phi) is 3.19. The molecule has 0 unspecified atom stereocenters. The summed E-state index contributed by atoms with van der Waals surface area (Å²) in [6.45, 7) is 0. The number of nitrogen functional groups attached to an aromatic ring is 1. The van der Waals surface area contributed by atoms with Crippen LogP contribution in [0.5, 0.6) is 0 Å². The van der Waals surface area contributed by atoms with Crippen molar-refractivity contribution in [2.24, 2.45) is 0 Å². The standard InChI is InChI=1S/C14H11N7/c15-7-10-8-19-21(14(10)16)13-6-12(17-9-18-13)20-11-4-2-1-3-5-11/h1-6,8-9H,16H2,(H,17,18,20). The third kappa shape index (κ3) is 2.50. The van der Waals surface area contributed by atoms with E-state index < -0.39 is 0 Å². The number of rotatable bonds is 3. The lowest BCUT2D eigenvalue weighted by Crippen LogP contribution is -2.06. The van der Waals surface area contributed by atoms with E-state index in [2.05, 4.69) is 20.4 Å². The molecule has 0 radical (unpaired) electrons. The predicted octanol–water partition coefficient (Wildman–Crippen LogP) is 1.86.